The van der Waals surface area contributed by atoms with Gasteiger partial charge in [0.2, 0.25) is 0 Å². The van der Waals surface area contributed by atoms with Crippen molar-refractivity contribution in [3.8, 4) is 11.5 Å². The Balaban J connectivity index is 2.17. The van der Waals surface area contributed by atoms with E-state index in [9.17, 15) is 5.11 Å². The largest absolute Gasteiger partial charge is 0.507 e. The van der Waals surface area contributed by atoms with Crippen LogP contribution >= 0.6 is 11.3 Å². The average molecular weight is 305 g/mol. The van der Waals surface area contributed by atoms with Crippen molar-refractivity contribution in [3.05, 3.63) is 46.2 Å². The molecule has 114 valence electrons. The molecule has 0 saturated heterocycles. The number of methoxy groups -OCH3 is 1. The number of phenols is 1. The predicted molar refractivity (Wildman–Crippen MR) is 88.1 cm³/mol. The van der Waals surface area contributed by atoms with E-state index in [0.717, 1.165) is 5.56 Å². The van der Waals surface area contributed by atoms with E-state index >= 15 is 0 Å². The van der Waals surface area contributed by atoms with Crippen LogP contribution in [0.15, 0.2) is 35.7 Å². The first-order valence-corrected chi connectivity index (χ1v) is 8.07. The molecule has 0 aliphatic carbocycles. The number of phenolic OH excluding ortho intramolecular Hbond substituents is 1. The third kappa shape index (κ3) is 3.77. The maximum absolute atomic E-state index is 10.2. The molecule has 21 heavy (non-hydrogen) atoms. The Morgan fingerprint density at radius 2 is 1.95 bits per heavy atom. The standard InChI is InChI=1S/C17H23NO2S/c1-11(2)17(16-6-5-9-21-16)18-12(3)14-8-7-13(20-4)10-15(14)19/h5-12,17-19H,1-4H3. The number of hydrogen-bond donors (Lipinski definition) is 2. The molecule has 0 spiro atoms. The van der Waals surface area contributed by atoms with Crippen molar-refractivity contribution in [2.24, 2.45) is 5.92 Å². The molecule has 2 rings (SSSR count). The van der Waals surface area contributed by atoms with Crippen molar-refractivity contribution in [3.63, 3.8) is 0 Å². The molecule has 3 nitrogen and oxygen atoms in total. The molecule has 2 unspecified atom stereocenters. The van der Waals surface area contributed by atoms with Gasteiger partial charge in [-0.05, 0) is 30.4 Å². The smallest absolute Gasteiger partial charge is 0.124 e. The summed E-state index contributed by atoms with van der Waals surface area (Å²) in [6, 6.07) is 10.0. The van der Waals surface area contributed by atoms with Crippen LogP contribution in [0.2, 0.25) is 0 Å². The van der Waals surface area contributed by atoms with Crippen LogP contribution in [0, 0.1) is 5.92 Å². The molecule has 0 radical (unpaired) electrons. The summed E-state index contributed by atoms with van der Waals surface area (Å²) in [5, 5.41) is 15.9. The zero-order valence-electron chi connectivity index (χ0n) is 13.0. The van der Waals surface area contributed by atoms with Gasteiger partial charge in [-0.25, -0.2) is 0 Å². The molecule has 2 atom stereocenters. The molecule has 0 aliphatic heterocycles. The van der Waals surface area contributed by atoms with Gasteiger partial charge in [-0.15, -0.1) is 11.3 Å². The summed E-state index contributed by atoms with van der Waals surface area (Å²) in [4.78, 5) is 1.32. The van der Waals surface area contributed by atoms with Gasteiger partial charge in [0.05, 0.1) is 7.11 Å². The van der Waals surface area contributed by atoms with Crippen LogP contribution in [-0.2, 0) is 0 Å². The number of benzene rings is 1. The molecule has 0 fully saturated rings. The van der Waals surface area contributed by atoms with Crippen LogP contribution in [0.3, 0.4) is 0 Å². The molecule has 0 saturated carbocycles. The predicted octanol–water partition coefficient (Wildman–Crippen LogP) is 4.51. The summed E-state index contributed by atoms with van der Waals surface area (Å²) in [5.74, 6) is 1.41. The lowest BCUT2D eigenvalue weighted by molar-refractivity contribution is 0.368. The summed E-state index contributed by atoms with van der Waals surface area (Å²) in [6.07, 6.45) is 0. The number of thiophene rings is 1. The summed E-state index contributed by atoms with van der Waals surface area (Å²) in [7, 11) is 1.60. The number of ether oxygens (including phenoxy) is 1. The van der Waals surface area contributed by atoms with E-state index in [1.54, 1.807) is 24.5 Å². The van der Waals surface area contributed by atoms with Crippen LogP contribution in [0.4, 0.5) is 0 Å². The number of nitrogens with one attached hydrogen (secondary N) is 1. The van der Waals surface area contributed by atoms with Crippen LogP contribution in [0.5, 0.6) is 11.5 Å². The van der Waals surface area contributed by atoms with Gasteiger partial charge in [0.1, 0.15) is 11.5 Å². The fourth-order valence-corrected chi connectivity index (χ4v) is 3.41. The Morgan fingerprint density at radius 1 is 1.19 bits per heavy atom. The normalized spacial score (nSPS) is 14.1. The Kier molecular flexibility index (Phi) is 5.26. The molecule has 2 aromatic rings. The van der Waals surface area contributed by atoms with E-state index in [4.69, 9.17) is 4.74 Å². The zero-order valence-corrected chi connectivity index (χ0v) is 13.8. The van der Waals surface area contributed by atoms with Crippen molar-refractivity contribution < 1.29 is 9.84 Å². The second-order valence-corrected chi connectivity index (χ2v) is 6.53. The van der Waals surface area contributed by atoms with Crippen LogP contribution in [-0.4, -0.2) is 12.2 Å². The van der Waals surface area contributed by atoms with Gasteiger partial charge >= 0.3 is 0 Å². The van der Waals surface area contributed by atoms with E-state index in [1.165, 1.54) is 4.88 Å². The van der Waals surface area contributed by atoms with E-state index in [0.29, 0.717) is 11.7 Å². The number of aromatic hydroxyl groups is 1. The second-order valence-electron chi connectivity index (χ2n) is 5.55. The van der Waals surface area contributed by atoms with Gasteiger partial charge in [-0.2, -0.15) is 0 Å². The lowest BCUT2D eigenvalue weighted by Gasteiger charge is -2.26. The highest BCUT2D eigenvalue weighted by Crippen LogP contribution is 2.32. The molecule has 0 amide bonds. The molecule has 1 heterocycles. The summed E-state index contributed by atoms with van der Waals surface area (Å²) in [6.45, 7) is 6.49. The third-order valence-electron chi connectivity index (χ3n) is 3.65. The highest BCUT2D eigenvalue weighted by Gasteiger charge is 2.21. The molecule has 0 bridgehead atoms. The monoisotopic (exact) mass is 305 g/mol. The van der Waals surface area contributed by atoms with Gasteiger partial charge in [0, 0.05) is 28.6 Å². The van der Waals surface area contributed by atoms with Crippen molar-refractivity contribution in [2.45, 2.75) is 32.9 Å². The molecule has 0 aliphatic rings. The Bertz CT molecular complexity index is 566. The first-order valence-electron chi connectivity index (χ1n) is 7.19. The topological polar surface area (TPSA) is 41.5 Å². The maximum Gasteiger partial charge on any atom is 0.124 e. The van der Waals surface area contributed by atoms with Crippen molar-refractivity contribution in [2.75, 3.05) is 7.11 Å². The third-order valence-corrected chi connectivity index (χ3v) is 4.61. The molecule has 4 heteroatoms. The van der Waals surface area contributed by atoms with E-state index in [-0.39, 0.29) is 17.8 Å². The Labute approximate surface area is 130 Å². The van der Waals surface area contributed by atoms with Crippen LogP contribution in [0.1, 0.15) is 43.3 Å². The summed E-state index contributed by atoms with van der Waals surface area (Å²) in [5.41, 5.74) is 0.887. The van der Waals surface area contributed by atoms with Crippen LogP contribution < -0.4 is 10.1 Å². The van der Waals surface area contributed by atoms with E-state index in [1.807, 2.05) is 12.1 Å². The highest BCUT2D eigenvalue weighted by molar-refractivity contribution is 7.10. The highest BCUT2D eigenvalue weighted by atomic mass is 32.1. The van der Waals surface area contributed by atoms with Gasteiger partial charge in [0.15, 0.2) is 0 Å². The van der Waals surface area contributed by atoms with Crippen molar-refractivity contribution >= 4 is 11.3 Å². The SMILES string of the molecule is COc1ccc(C(C)NC(c2cccs2)C(C)C)c(O)c1. The van der Waals surface area contributed by atoms with Crippen LogP contribution in [0.25, 0.3) is 0 Å². The molecule has 2 N–H and O–H groups in total. The summed E-state index contributed by atoms with van der Waals surface area (Å²) >= 11 is 1.76. The average Bonchev–Trinajstić information content (AvgIpc) is 2.97. The number of rotatable bonds is 6. The van der Waals surface area contributed by atoms with E-state index < -0.39 is 0 Å². The lowest BCUT2D eigenvalue weighted by Crippen LogP contribution is -2.27. The van der Waals surface area contributed by atoms with Gasteiger partial charge in [-0.3, -0.25) is 0 Å². The van der Waals surface area contributed by atoms with Gasteiger partial charge in [-0.1, -0.05) is 26.0 Å². The fraction of sp³-hybridized carbons (Fsp3) is 0.412. The Morgan fingerprint density at radius 3 is 2.48 bits per heavy atom. The minimum Gasteiger partial charge on any atom is -0.507 e. The molecule has 1 aromatic heterocycles. The van der Waals surface area contributed by atoms with Crippen molar-refractivity contribution in [1.29, 1.82) is 0 Å². The van der Waals surface area contributed by atoms with Crippen molar-refractivity contribution in [1.82, 2.24) is 5.32 Å². The lowest BCUT2D eigenvalue weighted by atomic mass is 9.99. The minimum absolute atomic E-state index is 0.0606. The second kappa shape index (κ2) is 6.96. The minimum atomic E-state index is 0.0606. The fourth-order valence-electron chi connectivity index (χ4n) is 2.45. The maximum atomic E-state index is 10.2. The molecular weight excluding hydrogens is 282 g/mol. The first kappa shape index (κ1) is 15.9. The summed E-state index contributed by atoms with van der Waals surface area (Å²) < 4.78 is 5.13. The molecular formula is C17H23NO2S. The quantitative estimate of drug-likeness (QED) is 0.825. The Hall–Kier alpha value is -1.52. The number of hydrogen-bond acceptors (Lipinski definition) is 4. The first-order chi connectivity index (χ1) is 10.0. The van der Waals surface area contributed by atoms with Gasteiger partial charge < -0.3 is 15.2 Å². The van der Waals surface area contributed by atoms with E-state index in [2.05, 4.69) is 43.6 Å². The van der Waals surface area contributed by atoms with Gasteiger partial charge in [0.25, 0.3) is 0 Å². The zero-order chi connectivity index (χ0) is 15.4. The molecule has 1 aromatic carbocycles.